The molecule has 7 nitrogen and oxygen atoms in total. The first-order valence-corrected chi connectivity index (χ1v) is 11.5. The zero-order valence-electron chi connectivity index (χ0n) is 19.3. The summed E-state index contributed by atoms with van der Waals surface area (Å²) in [6, 6.07) is -0.925. The Morgan fingerprint density at radius 2 is 1.69 bits per heavy atom. The molecule has 182 valence electrons. The molecule has 2 aliphatic heterocycles. The number of likely N-dealkylation sites (tertiary alicyclic amines) is 1. The molecule has 2 heterocycles. The van der Waals surface area contributed by atoms with Gasteiger partial charge >= 0.3 is 18.3 Å². The van der Waals surface area contributed by atoms with E-state index in [4.69, 9.17) is 4.74 Å². The first-order chi connectivity index (χ1) is 14.8. The van der Waals surface area contributed by atoms with Crippen LogP contribution in [0.5, 0.6) is 0 Å². The van der Waals surface area contributed by atoms with E-state index in [1.807, 2.05) is 0 Å². The van der Waals surface area contributed by atoms with Crippen LogP contribution in [-0.4, -0.2) is 75.7 Å². The van der Waals surface area contributed by atoms with Gasteiger partial charge in [0.15, 0.2) is 0 Å². The van der Waals surface area contributed by atoms with Crippen LogP contribution in [0.3, 0.4) is 0 Å². The molecular weight excluding hydrogens is 427 g/mol. The topological polar surface area (TPSA) is 70.2 Å². The van der Waals surface area contributed by atoms with Gasteiger partial charge in [0, 0.05) is 25.7 Å². The highest BCUT2D eigenvalue weighted by Crippen LogP contribution is 2.43. The summed E-state index contributed by atoms with van der Waals surface area (Å²) in [7, 11) is 0. The average molecular weight is 462 g/mol. The van der Waals surface area contributed by atoms with Crippen LogP contribution in [0.2, 0.25) is 0 Å². The molecule has 0 aromatic heterocycles. The number of carbonyl (C=O) groups is 3. The highest BCUT2D eigenvalue weighted by Gasteiger charge is 2.59. The Labute approximate surface area is 187 Å². The standard InChI is InChI=1S/C22H34F3N3O4/c1-5-27-18(30)28(16-9-7-15(8-10-16)22(23,24)25)17(29)21(27)11-6-13-26(14-12-21)19(31)32-20(2,3)4/h15-16H,5-14H2,1-4H3. The van der Waals surface area contributed by atoms with Crippen molar-refractivity contribution in [2.75, 3.05) is 19.6 Å². The molecule has 4 amide bonds. The van der Waals surface area contributed by atoms with Gasteiger partial charge in [0.2, 0.25) is 0 Å². The maximum absolute atomic E-state index is 13.6. The molecule has 1 unspecified atom stereocenters. The van der Waals surface area contributed by atoms with Crippen LogP contribution in [0.1, 0.15) is 72.6 Å². The minimum atomic E-state index is -4.24. The van der Waals surface area contributed by atoms with Gasteiger partial charge in [0.1, 0.15) is 11.1 Å². The Morgan fingerprint density at radius 1 is 1.06 bits per heavy atom. The molecule has 32 heavy (non-hydrogen) atoms. The van der Waals surface area contributed by atoms with E-state index in [1.54, 1.807) is 37.5 Å². The highest BCUT2D eigenvalue weighted by molar-refractivity contribution is 6.07. The number of halogens is 3. The predicted octanol–water partition coefficient (Wildman–Crippen LogP) is 4.55. The van der Waals surface area contributed by atoms with Gasteiger partial charge < -0.3 is 14.5 Å². The van der Waals surface area contributed by atoms with Crippen LogP contribution >= 0.6 is 0 Å². The van der Waals surface area contributed by atoms with Crippen molar-refractivity contribution in [2.24, 2.45) is 5.92 Å². The van der Waals surface area contributed by atoms with Gasteiger partial charge in [0.05, 0.1) is 5.92 Å². The van der Waals surface area contributed by atoms with Crippen molar-refractivity contribution in [1.29, 1.82) is 0 Å². The van der Waals surface area contributed by atoms with Gasteiger partial charge in [-0.05, 0) is 72.6 Å². The van der Waals surface area contributed by atoms with Crippen LogP contribution in [0.25, 0.3) is 0 Å². The number of rotatable bonds is 2. The molecule has 1 saturated carbocycles. The van der Waals surface area contributed by atoms with Gasteiger partial charge in [0.25, 0.3) is 5.91 Å². The quantitative estimate of drug-likeness (QED) is 0.566. The molecule has 3 fully saturated rings. The lowest BCUT2D eigenvalue weighted by molar-refractivity contribution is -0.184. The van der Waals surface area contributed by atoms with Crippen LogP contribution in [0.15, 0.2) is 0 Å². The van der Waals surface area contributed by atoms with Crippen molar-refractivity contribution in [1.82, 2.24) is 14.7 Å². The summed E-state index contributed by atoms with van der Waals surface area (Å²) in [5.74, 6) is -1.70. The van der Waals surface area contributed by atoms with E-state index in [1.165, 1.54) is 4.90 Å². The number of alkyl halides is 3. The molecule has 0 N–H and O–H groups in total. The van der Waals surface area contributed by atoms with Crippen molar-refractivity contribution in [3.05, 3.63) is 0 Å². The molecule has 2 saturated heterocycles. The zero-order chi connectivity index (χ0) is 23.9. The Bertz CT molecular complexity index is 744. The Morgan fingerprint density at radius 3 is 2.22 bits per heavy atom. The highest BCUT2D eigenvalue weighted by atomic mass is 19.4. The van der Waals surface area contributed by atoms with E-state index < -0.39 is 41.4 Å². The van der Waals surface area contributed by atoms with E-state index >= 15 is 0 Å². The Balaban J connectivity index is 1.75. The third-order valence-corrected chi connectivity index (χ3v) is 6.88. The number of amides is 4. The van der Waals surface area contributed by atoms with Gasteiger partial charge in [-0.1, -0.05) is 0 Å². The maximum Gasteiger partial charge on any atom is 0.410 e. The lowest BCUT2D eigenvalue weighted by atomic mass is 9.84. The number of nitrogens with zero attached hydrogens (tertiary/aromatic N) is 3. The molecule has 0 aromatic rings. The second kappa shape index (κ2) is 8.74. The smallest absolute Gasteiger partial charge is 0.410 e. The van der Waals surface area contributed by atoms with Crippen molar-refractivity contribution >= 4 is 18.0 Å². The van der Waals surface area contributed by atoms with Gasteiger partial charge in [-0.15, -0.1) is 0 Å². The normalized spacial score (nSPS) is 30.2. The first-order valence-electron chi connectivity index (χ1n) is 11.5. The largest absolute Gasteiger partial charge is 0.444 e. The summed E-state index contributed by atoms with van der Waals surface area (Å²) in [6.45, 7) is 8.18. The summed E-state index contributed by atoms with van der Waals surface area (Å²) in [5.41, 5.74) is -1.69. The fourth-order valence-electron chi connectivity index (χ4n) is 5.27. The molecule has 1 spiro atoms. The molecule has 0 aromatic carbocycles. The van der Waals surface area contributed by atoms with E-state index in [0.717, 1.165) is 0 Å². The van der Waals surface area contributed by atoms with Crippen molar-refractivity contribution in [3.8, 4) is 0 Å². The van der Waals surface area contributed by atoms with Gasteiger partial charge in [-0.2, -0.15) is 13.2 Å². The molecule has 1 atom stereocenters. The SMILES string of the molecule is CCN1C(=O)N(C2CCC(C(F)(F)F)CC2)C(=O)C12CCCN(C(=O)OC(C)(C)C)CC2. The maximum atomic E-state index is 13.6. The molecule has 10 heteroatoms. The lowest BCUT2D eigenvalue weighted by Gasteiger charge is -2.34. The second-order valence-electron chi connectivity index (χ2n) is 10.1. The molecule has 3 aliphatic rings. The van der Waals surface area contributed by atoms with E-state index in [2.05, 4.69) is 0 Å². The van der Waals surface area contributed by atoms with Crippen molar-refractivity contribution in [2.45, 2.75) is 96.0 Å². The van der Waals surface area contributed by atoms with Crippen molar-refractivity contribution in [3.63, 3.8) is 0 Å². The number of ether oxygens (including phenoxy) is 1. The minimum Gasteiger partial charge on any atom is -0.444 e. The monoisotopic (exact) mass is 461 g/mol. The third kappa shape index (κ3) is 4.69. The molecular formula is C22H34F3N3O4. The molecule has 3 rings (SSSR count). The van der Waals surface area contributed by atoms with Crippen LogP contribution < -0.4 is 0 Å². The summed E-state index contributed by atoms with van der Waals surface area (Å²) in [5, 5.41) is 0. The number of imide groups is 1. The summed E-state index contributed by atoms with van der Waals surface area (Å²) in [4.78, 5) is 43.7. The van der Waals surface area contributed by atoms with E-state index in [9.17, 15) is 27.6 Å². The summed E-state index contributed by atoms with van der Waals surface area (Å²) >= 11 is 0. The second-order valence-corrected chi connectivity index (χ2v) is 10.1. The first kappa shape index (κ1) is 24.6. The lowest BCUT2D eigenvalue weighted by Crippen LogP contribution is -2.51. The summed E-state index contributed by atoms with van der Waals surface area (Å²) in [6.07, 6.45) is -3.27. The number of likely N-dealkylation sites (N-methyl/N-ethyl adjacent to an activating group) is 1. The third-order valence-electron chi connectivity index (χ3n) is 6.88. The van der Waals surface area contributed by atoms with Gasteiger partial charge in [-0.25, -0.2) is 9.59 Å². The summed E-state index contributed by atoms with van der Waals surface area (Å²) < 4.78 is 44.6. The molecule has 0 bridgehead atoms. The fraction of sp³-hybridized carbons (Fsp3) is 0.864. The van der Waals surface area contributed by atoms with Crippen LogP contribution in [0.4, 0.5) is 22.8 Å². The van der Waals surface area contributed by atoms with Crippen LogP contribution in [-0.2, 0) is 9.53 Å². The molecule has 0 radical (unpaired) electrons. The number of urea groups is 1. The van der Waals surface area contributed by atoms with Crippen molar-refractivity contribution < 1.29 is 32.3 Å². The minimum absolute atomic E-state index is 0.0726. The van der Waals surface area contributed by atoms with Gasteiger partial charge in [-0.3, -0.25) is 9.69 Å². The number of hydrogen-bond donors (Lipinski definition) is 0. The molecule has 1 aliphatic carbocycles. The van der Waals surface area contributed by atoms with Crippen LogP contribution in [0, 0.1) is 5.92 Å². The number of carbonyl (C=O) groups excluding carboxylic acids is 3. The Hall–Kier alpha value is -2.00. The van der Waals surface area contributed by atoms with E-state index in [-0.39, 0.29) is 38.1 Å². The fourth-order valence-corrected chi connectivity index (χ4v) is 5.27. The predicted molar refractivity (Wildman–Crippen MR) is 111 cm³/mol. The average Bonchev–Trinajstić information content (AvgIpc) is 2.82. The zero-order valence-corrected chi connectivity index (χ0v) is 19.3. The Kier molecular flexibility index (Phi) is 6.73. The number of hydrogen-bond acceptors (Lipinski definition) is 4. The van der Waals surface area contributed by atoms with E-state index in [0.29, 0.717) is 32.4 Å².